The molecule has 0 spiro atoms. The Morgan fingerprint density at radius 3 is 2.54 bits per heavy atom. The van der Waals surface area contributed by atoms with E-state index in [1.165, 1.54) is 10.2 Å². The number of hydrogen-bond donors (Lipinski definition) is 1. The number of anilines is 1. The minimum Gasteiger partial charge on any atom is -0.444 e. The van der Waals surface area contributed by atoms with Crippen molar-refractivity contribution in [2.45, 2.75) is 59.1 Å². The Labute approximate surface area is 165 Å². The first kappa shape index (κ1) is 19.9. The molecule has 1 aromatic carbocycles. The molecule has 0 atom stereocenters. The summed E-state index contributed by atoms with van der Waals surface area (Å²) in [5, 5.41) is 4.40. The van der Waals surface area contributed by atoms with Gasteiger partial charge in [0.1, 0.15) is 11.4 Å². The average Bonchev–Trinajstić information content (AvgIpc) is 2.96. The van der Waals surface area contributed by atoms with Crippen molar-refractivity contribution in [1.82, 2.24) is 14.7 Å². The Hall–Kier alpha value is -2.83. The summed E-state index contributed by atoms with van der Waals surface area (Å²) in [6.45, 7) is 8.33. The van der Waals surface area contributed by atoms with Crippen LogP contribution in [0, 0.1) is 6.92 Å². The number of nitrogens with two attached hydrogens (primary N) is 1. The van der Waals surface area contributed by atoms with Crippen molar-refractivity contribution in [3.05, 3.63) is 46.6 Å². The fourth-order valence-electron chi connectivity index (χ4n) is 3.20. The molecular formula is C21H28N4O3. The summed E-state index contributed by atoms with van der Waals surface area (Å²) in [6.07, 6.45) is 1.14. The molecule has 0 saturated carbocycles. The first-order chi connectivity index (χ1) is 13.1. The first-order valence-electron chi connectivity index (χ1n) is 9.57. The van der Waals surface area contributed by atoms with Gasteiger partial charge in [-0.15, -0.1) is 0 Å². The number of ether oxygens (including phenoxy) is 1. The van der Waals surface area contributed by atoms with Gasteiger partial charge in [-0.3, -0.25) is 4.79 Å². The molecule has 7 heteroatoms. The second-order valence-electron chi connectivity index (χ2n) is 8.25. The zero-order valence-electron chi connectivity index (χ0n) is 17.0. The Morgan fingerprint density at radius 2 is 1.89 bits per heavy atom. The predicted molar refractivity (Wildman–Crippen MR) is 107 cm³/mol. The van der Waals surface area contributed by atoms with Crippen molar-refractivity contribution in [2.24, 2.45) is 0 Å². The highest BCUT2D eigenvalue weighted by molar-refractivity contribution is 5.82. The molecule has 0 unspecified atom stereocenters. The third kappa shape index (κ3) is 4.52. The molecule has 0 saturated heterocycles. The number of aromatic nitrogens is 2. The normalized spacial score (nSPS) is 13.9. The van der Waals surface area contributed by atoms with Gasteiger partial charge >= 0.3 is 6.09 Å². The van der Waals surface area contributed by atoms with Gasteiger partial charge in [0.2, 0.25) is 5.91 Å². The zero-order valence-corrected chi connectivity index (χ0v) is 17.0. The summed E-state index contributed by atoms with van der Waals surface area (Å²) in [7, 11) is 0. The second-order valence-corrected chi connectivity index (χ2v) is 8.25. The molecule has 7 nitrogen and oxygen atoms in total. The molecule has 0 fully saturated rings. The molecule has 28 heavy (non-hydrogen) atoms. The lowest BCUT2D eigenvalue weighted by Gasteiger charge is -2.29. The van der Waals surface area contributed by atoms with Crippen molar-refractivity contribution in [2.75, 3.05) is 12.3 Å². The molecule has 3 rings (SSSR count). The van der Waals surface area contributed by atoms with Crippen LogP contribution in [0.1, 0.15) is 54.4 Å². The fraction of sp³-hybridized carbons (Fsp3) is 0.476. The van der Waals surface area contributed by atoms with Gasteiger partial charge in [0.15, 0.2) is 0 Å². The molecular weight excluding hydrogens is 356 g/mol. The molecule has 0 bridgehead atoms. The topological polar surface area (TPSA) is 90.5 Å². The molecule has 2 aromatic rings. The van der Waals surface area contributed by atoms with Gasteiger partial charge < -0.3 is 15.4 Å². The van der Waals surface area contributed by atoms with Crippen molar-refractivity contribution < 1.29 is 14.3 Å². The Balaban J connectivity index is 1.68. The molecule has 1 aromatic heterocycles. The molecule has 1 aliphatic rings. The minimum atomic E-state index is -0.554. The van der Waals surface area contributed by atoms with Crippen molar-refractivity contribution >= 4 is 17.8 Å². The molecule has 0 radical (unpaired) electrons. The van der Waals surface area contributed by atoms with E-state index >= 15 is 0 Å². The van der Waals surface area contributed by atoms with E-state index in [0.29, 0.717) is 43.9 Å². The quantitative estimate of drug-likeness (QED) is 0.876. The summed E-state index contributed by atoms with van der Waals surface area (Å²) in [5.74, 6) is 0.240. The summed E-state index contributed by atoms with van der Waals surface area (Å²) in [4.78, 5) is 26.5. The van der Waals surface area contributed by atoms with Crippen molar-refractivity contribution in [3.8, 4) is 0 Å². The maximum absolute atomic E-state index is 12.6. The van der Waals surface area contributed by atoms with Crippen LogP contribution >= 0.6 is 0 Å². The molecule has 1 amide bonds. The van der Waals surface area contributed by atoms with E-state index in [1.54, 1.807) is 4.90 Å². The van der Waals surface area contributed by atoms with E-state index in [0.717, 1.165) is 11.1 Å². The standard InChI is InChI=1S/C21H28N4O3/c1-14-5-7-15(8-6-14)9-10-18(26)25-19(22)16-11-12-24(13-17(16)23-25)20(27)28-21(2,3)4/h5-8H,9-13,22H2,1-4H3. The van der Waals surface area contributed by atoms with Crippen LogP contribution in [0.25, 0.3) is 0 Å². The number of aryl methyl sites for hydroxylation is 2. The van der Waals surface area contributed by atoms with Gasteiger partial charge in [-0.1, -0.05) is 29.8 Å². The van der Waals surface area contributed by atoms with Gasteiger partial charge in [-0.2, -0.15) is 9.78 Å². The van der Waals surface area contributed by atoms with Crippen LogP contribution in [-0.2, 0) is 24.1 Å². The smallest absolute Gasteiger partial charge is 0.410 e. The van der Waals surface area contributed by atoms with Crippen LogP contribution in [0.15, 0.2) is 24.3 Å². The molecule has 0 aliphatic carbocycles. The van der Waals surface area contributed by atoms with Crippen LogP contribution < -0.4 is 5.73 Å². The maximum Gasteiger partial charge on any atom is 0.410 e. The predicted octanol–water partition coefficient (Wildman–Crippen LogP) is 3.34. The Kier molecular flexibility index (Phi) is 5.45. The van der Waals surface area contributed by atoms with E-state index in [2.05, 4.69) is 5.10 Å². The number of carbonyl (C=O) groups excluding carboxylic acids is 2. The first-order valence-corrected chi connectivity index (χ1v) is 9.57. The lowest BCUT2D eigenvalue weighted by Crippen LogP contribution is -2.39. The summed E-state index contributed by atoms with van der Waals surface area (Å²) < 4.78 is 6.72. The van der Waals surface area contributed by atoms with Crippen LogP contribution in [0.2, 0.25) is 0 Å². The lowest BCUT2D eigenvalue weighted by molar-refractivity contribution is 0.0221. The van der Waals surface area contributed by atoms with E-state index in [9.17, 15) is 9.59 Å². The number of amides is 1. The molecule has 2 N–H and O–H groups in total. The van der Waals surface area contributed by atoms with Crippen LogP contribution in [0.5, 0.6) is 0 Å². The number of fused-ring (bicyclic) bond motifs is 1. The van der Waals surface area contributed by atoms with Crippen LogP contribution in [0.4, 0.5) is 10.6 Å². The van der Waals surface area contributed by atoms with Crippen LogP contribution in [0.3, 0.4) is 0 Å². The fourth-order valence-corrected chi connectivity index (χ4v) is 3.20. The van der Waals surface area contributed by atoms with Gasteiger partial charge in [0, 0.05) is 18.5 Å². The van der Waals surface area contributed by atoms with Gasteiger partial charge in [0.05, 0.1) is 12.2 Å². The van der Waals surface area contributed by atoms with E-state index < -0.39 is 5.60 Å². The summed E-state index contributed by atoms with van der Waals surface area (Å²) in [6, 6.07) is 8.12. The largest absolute Gasteiger partial charge is 0.444 e. The minimum absolute atomic E-state index is 0.142. The monoisotopic (exact) mass is 384 g/mol. The second kappa shape index (κ2) is 7.66. The maximum atomic E-state index is 12.6. The Bertz CT molecular complexity index is 878. The zero-order chi connectivity index (χ0) is 20.5. The summed E-state index contributed by atoms with van der Waals surface area (Å²) in [5.41, 5.74) is 9.43. The SMILES string of the molecule is Cc1ccc(CCC(=O)n2nc3c(c2N)CCN(C(=O)OC(C)(C)C)C3)cc1. The Morgan fingerprint density at radius 1 is 1.21 bits per heavy atom. The van der Waals surface area contributed by atoms with E-state index in [4.69, 9.17) is 10.5 Å². The highest BCUT2D eigenvalue weighted by atomic mass is 16.6. The van der Waals surface area contributed by atoms with E-state index in [1.807, 2.05) is 52.0 Å². The number of nitrogen functional groups attached to an aromatic ring is 1. The highest BCUT2D eigenvalue weighted by Crippen LogP contribution is 2.25. The van der Waals surface area contributed by atoms with Gasteiger partial charge in [0.25, 0.3) is 0 Å². The third-order valence-electron chi connectivity index (χ3n) is 4.71. The number of benzene rings is 1. The highest BCUT2D eigenvalue weighted by Gasteiger charge is 2.30. The average molecular weight is 384 g/mol. The van der Waals surface area contributed by atoms with Gasteiger partial charge in [-0.25, -0.2) is 4.79 Å². The molecule has 2 heterocycles. The van der Waals surface area contributed by atoms with E-state index in [-0.39, 0.29) is 12.0 Å². The van der Waals surface area contributed by atoms with Gasteiger partial charge in [-0.05, 0) is 46.1 Å². The number of hydrogen-bond acceptors (Lipinski definition) is 5. The number of nitrogens with zero attached hydrogens (tertiary/aromatic N) is 3. The molecule has 150 valence electrons. The number of rotatable bonds is 3. The van der Waals surface area contributed by atoms with Crippen molar-refractivity contribution in [3.63, 3.8) is 0 Å². The number of carbonyl (C=O) groups is 2. The van der Waals surface area contributed by atoms with Crippen LogP contribution in [-0.4, -0.2) is 38.8 Å². The summed E-state index contributed by atoms with van der Waals surface area (Å²) >= 11 is 0. The third-order valence-corrected chi connectivity index (χ3v) is 4.71. The molecule has 1 aliphatic heterocycles. The lowest BCUT2D eigenvalue weighted by atomic mass is 10.1. The van der Waals surface area contributed by atoms with Crippen molar-refractivity contribution in [1.29, 1.82) is 0 Å².